The van der Waals surface area contributed by atoms with Crippen molar-refractivity contribution < 1.29 is 0 Å². The Bertz CT molecular complexity index is 423. The van der Waals surface area contributed by atoms with Crippen molar-refractivity contribution >= 4 is 23.0 Å². The molecule has 0 unspecified atom stereocenters. The van der Waals surface area contributed by atoms with Gasteiger partial charge in [-0.3, -0.25) is 0 Å². The molecule has 0 atom stereocenters. The molecule has 15 heavy (non-hydrogen) atoms. The first-order valence-electron chi connectivity index (χ1n) is 4.74. The van der Waals surface area contributed by atoms with Gasteiger partial charge in [0.05, 0.1) is 11.2 Å². The van der Waals surface area contributed by atoms with E-state index in [1.54, 1.807) is 11.8 Å². The SMILES string of the molecule is C(=N\c1ccccc1)/Sc1ccccc1. The van der Waals surface area contributed by atoms with E-state index >= 15 is 0 Å². The lowest BCUT2D eigenvalue weighted by Crippen LogP contribution is -1.69. The molecular formula is C13H11NS. The van der Waals surface area contributed by atoms with Gasteiger partial charge in [-0.1, -0.05) is 48.2 Å². The van der Waals surface area contributed by atoms with Crippen molar-refractivity contribution in [2.75, 3.05) is 0 Å². The Kier molecular flexibility index (Phi) is 3.58. The van der Waals surface area contributed by atoms with Crippen molar-refractivity contribution in [3.63, 3.8) is 0 Å². The zero-order valence-electron chi connectivity index (χ0n) is 8.21. The summed E-state index contributed by atoms with van der Waals surface area (Å²) in [5, 5.41) is 0. The van der Waals surface area contributed by atoms with Gasteiger partial charge in [-0.2, -0.15) is 0 Å². The van der Waals surface area contributed by atoms with Crippen LogP contribution in [0.15, 0.2) is 70.6 Å². The molecule has 0 heterocycles. The van der Waals surface area contributed by atoms with Crippen molar-refractivity contribution in [3.05, 3.63) is 60.7 Å². The number of benzene rings is 2. The molecule has 1 nitrogen and oxygen atoms in total. The minimum Gasteiger partial charge on any atom is -0.250 e. The van der Waals surface area contributed by atoms with Crippen LogP contribution >= 0.6 is 11.8 Å². The van der Waals surface area contributed by atoms with Gasteiger partial charge in [0.15, 0.2) is 0 Å². The summed E-state index contributed by atoms with van der Waals surface area (Å²) in [6, 6.07) is 20.1. The average Bonchev–Trinajstić information content (AvgIpc) is 2.32. The van der Waals surface area contributed by atoms with Crippen LogP contribution < -0.4 is 0 Å². The maximum atomic E-state index is 4.34. The fourth-order valence-electron chi connectivity index (χ4n) is 1.16. The average molecular weight is 213 g/mol. The maximum absolute atomic E-state index is 4.34. The minimum atomic E-state index is 0.987. The van der Waals surface area contributed by atoms with E-state index < -0.39 is 0 Å². The summed E-state index contributed by atoms with van der Waals surface area (Å²) >= 11 is 1.62. The van der Waals surface area contributed by atoms with Crippen LogP contribution in [0, 0.1) is 0 Å². The van der Waals surface area contributed by atoms with Gasteiger partial charge in [0, 0.05) is 4.90 Å². The summed E-state index contributed by atoms with van der Waals surface area (Å²) in [4.78, 5) is 5.55. The Morgan fingerprint density at radius 2 is 1.40 bits per heavy atom. The number of rotatable bonds is 3. The first-order valence-corrected chi connectivity index (χ1v) is 5.62. The molecule has 2 rings (SSSR count). The quantitative estimate of drug-likeness (QED) is 0.424. The van der Waals surface area contributed by atoms with Gasteiger partial charge >= 0.3 is 0 Å². The van der Waals surface area contributed by atoms with Gasteiger partial charge in [-0.05, 0) is 24.3 Å². The summed E-state index contributed by atoms with van der Waals surface area (Å²) in [6.45, 7) is 0. The molecule has 0 radical (unpaired) electrons. The fraction of sp³-hybridized carbons (Fsp3) is 0. The minimum absolute atomic E-state index is 0.987. The van der Waals surface area contributed by atoms with Gasteiger partial charge in [-0.15, -0.1) is 0 Å². The second kappa shape index (κ2) is 5.37. The second-order valence-corrected chi connectivity index (χ2v) is 3.92. The van der Waals surface area contributed by atoms with E-state index in [9.17, 15) is 0 Å². The molecule has 2 heteroatoms. The van der Waals surface area contributed by atoms with E-state index in [0.29, 0.717) is 0 Å². The third-order valence-corrected chi connectivity index (χ3v) is 2.65. The first-order chi connectivity index (χ1) is 7.45. The van der Waals surface area contributed by atoms with Gasteiger partial charge in [0.25, 0.3) is 0 Å². The monoisotopic (exact) mass is 213 g/mol. The van der Waals surface area contributed by atoms with Crippen LogP contribution in [-0.2, 0) is 0 Å². The van der Waals surface area contributed by atoms with Crippen LogP contribution in [0.4, 0.5) is 5.69 Å². The summed E-state index contributed by atoms with van der Waals surface area (Å²) in [5.74, 6) is 0. The summed E-state index contributed by atoms with van der Waals surface area (Å²) in [5.41, 5.74) is 2.85. The molecule has 0 saturated heterocycles. The van der Waals surface area contributed by atoms with Crippen molar-refractivity contribution in [1.82, 2.24) is 0 Å². The van der Waals surface area contributed by atoms with E-state index in [0.717, 1.165) is 5.69 Å². The summed E-state index contributed by atoms with van der Waals surface area (Å²) in [6.07, 6.45) is 0. The van der Waals surface area contributed by atoms with Gasteiger partial charge < -0.3 is 0 Å². The van der Waals surface area contributed by atoms with Crippen molar-refractivity contribution in [2.45, 2.75) is 4.90 Å². The summed E-state index contributed by atoms with van der Waals surface area (Å²) in [7, 11) is 0. The zero-order chi connectivity index (χ0) is 10.3. The number of hydrogen-bond acceptors (Lipinski definition) is 2. The highest BCUT2D eigenvalue weighted by molar-refractivity contribution is 8.12. The highest BCUT2D eigenvalue weighted by Crippen LogP contribution is 2.16. The number of aliphatic imine (C=N–C) groups is 1. The smallest absolute Gasteiger partial charge is 0.0651 e. The van der Waals surface area contributed by atoms with E-state index in [1.165, 1.54) is 4.90 Å². The number of thioether (sulfide) groups is 1. The van der Waals surface area contributed by atoms with E-state index in [2.05, 4.69) is 17.1 Å². The highest BCUT2D eigenvalue weighted by Gasteiger charge is 1.87. The number of hydrogen-bond donors (Lipinski definition) is 0. The first kappa shape index (κ1) is 9.99. The normalized spacial score (nSPS) is 10.7. The number of nitrogens with zero attached hydrogens (tertiary/aromatic N) is 1. The molecule has 2 aromatic rings. The summed E-state index contributed by atoms with van der Waals surface area (Å²) < 4.78 is 0. The maximum Gasteiger partial charge on any atom is 0.0651 e. The van der Waals surface area contributed by atoms with E-state index in [-0.39, 0.29) is 0 Å². The van der Waals surface area contributed by atoms with Gasteiger partial charge in [-0.25, -0.2) is 4.99 Å². The predicted molar refractivity (Wildman–Crippen MR) is 66.9 cm³/mol. The van der Waals surface area contributed by atoms with Gasteiger partial charge in [0.2, 0.25) is 0 Å². The van der Waals surface area contributed by atoms with Crippen LogP contribution in [0.5, 0.6) is 0 Å². The topological polar surface area (TPSA) is 12.4 Å². The lowest BCUT2D eigenvalue weighted by Gasteiger charge is -1.93. The van der Waals surface area contributed by atoms with Crippen LogP contribution in [0.25, 0.3) is 0 Å². The van der Waals surface area contributed by atoms with Crippen LogP contribution in [0.2, 0.25) is 0 Å². The van der Waals surface area contributed by atoms with E-state index in [1.807, 2.05) is 54.1 Å². The third-order valence-electron chi connectivity index (χ3n) is 1.89. The van der Waals surface area contributed by atoms with Crippen LogP contribution in [0.3, 0.4) is 0 Å². The molecule has 74 valence electrons. The lowest BCUT2D eigenvalue weighted by atomic mass is 10.3. The van der Waals surface area contributed by atoms with E-state index in [4.69, 9.17) is 0 Å². The molecule has 0 fully saturated rings. The third kappa shape index (κ3) is 3.26. The molecule has 0 aliphatic carbocycles. The van der Waals surface area contributed by atoms with Gasteiger partial charge in [0.1, 0.15) is 0 Å². The Hall–Kier alpha value is -1.54. The Morgan fingerprint density at radius 3 is 2.07 bits per heavy atom. The van der Waals surface area contributed by atoms with Crippen molar-refractivity contribution in [2.24, 2.45) is 4.99 Å². The molecular weight excluding hydrogens is 202 g/mol. The Morgan fingerprint density at radius 1 is 0.800 bits per heavy atom. The largest absolute Gasteiger partial charge is 0.250 e. The number of para-hydroxylation sites is 1. The molecule has 0 N–H and O–H groups in total. The lowest BCUT2D eigenvalue weighted by molar-refractivity contribution is 1.47. The second-order valence-electron chi connectivity index (χ2n) is 3.00. The Balaban J connectivity index is 1.97. The van der Waals surface area contributed by atoms with Crippen molar-refractivity contribution in [1.29, 1.82) is 0 Å². The van der Waals surface area contributed by atoms with Crippen molar-refractivity contribution in [3.8, 4) is 0 Å². The predicted octanol–water partition coefficient (Wildman–Crippen LogP) is 4.14. The zero-order valence-corrected chi connectivity index (χ0v) is 9.02. The molecule has 2 aromatic carbocycles. The molecule has 0 aliphatic heterocycles. The van der Waals surface area contributed by atoms with Crippen LogP contribution in [-0.4, -0.2) is 5.55 Å². The molecule has 0 aromatic heterocycles. The molecule has 0 aliphatic rings. The molecule has 0 saturated carbocycles. The highest BCUT2D eigenvalue weighted by atomic mass is 32.2. The standard InChI is InChI=1S/C13H11NS/c1-3-7-12(8-4-1)14-11-15-13-9-5-2-6-10-13/h1-11H/b14-11+. The van der Waals surface area contributed by atoms with Crippen LogP contribution in [0.1, 0.15) is 0 Å². The molecule has 0 bridgehead atoms. The Labute approximate surface area is 93.9 Å². The molecule has 0 amide bonds. The molecule has 0 spiro atoms. The fourth-order valence-corrected chi connectivity index (χ4v) is 1.77.